The van der Waals surface area contributed by atoms with E-state index >= 15 is 0 Å². The van der Waals surface area contributed by atoms with Crippen molar-refractivity contribution in [1.29, 1.82) is 0 Å². The minimum Gasteiger partial charge on any atom is -0.347 e. The molecule has 0 amide bonds. The van der Waals surface area contributed by atoms with E-state index in [4.69, 9.17) is 16.5 Å². The van der Waals surface area contributed by atoms with Gasteiger partial charge in [0.25, 0.3) is 0 Å². The van der Waals surface area contributed by atoms with Crippen molar-refractivity contribution in [3.8, 4) is 33.6 Å². The van der Waals surface area contributed by atoms with Crippen molar-refractivity contribution in [1.82, 2.24) is 19.9 Å². The number of imidazole rings is 2. The summed E-state index contributed by atoms with van der Waals surface area (Å²) in [6.45, 7) is 10.5. The molecule has 2 heterocycles. The van der Waals surface area contributed by atoms with E-state index in [1.807, 2.05) is 12.4 Å². The summed E-state index contributed by atoms with van der Waals surface area (Å²) in [5.41, 5.74) is 20.0. The molecule has 4 aromatic rings. The fourth-order valence-corrected chi connectivity index (χ4v) is 3.90. The number of rotatable bonds is 7. The lowest BCUT2D eigenvalue weighted by molar-refractivity contribution is 0.494. The van der Waals surface area contributed by atoms with E-state index in [2.05, 4.69) is 92.0 Å². The van der Waals surface area contributed by atoms with E-state index in [1.165, 1.54) is 11.1 Å². The zero-order chi connectivity index (χ0) is 23.7. The Kier molecular flexibility index (Phi) is 6.49. The molecule has 0 fully saturated rings. The number of aromatic nitrogens is 4. The molecule has 33 heavy (non-hydrogen) atoms. The van der Waals surface area contributed by atoms with Gasteiger partial charge < -0.3 is 21.4 Å². The summed E-state index contributed by atoms with van der Waals surface area (Å²) in [6.07, 6.45) is 3.87. The second kappa shape index (κ2) is 9.33. The van der Waals surface area contributed by atoms with Crippen molar-refractivity contribution in [2.45, 2.75) is 46.7 Å². The molecule has 2 aromatic carbocycles. The second-order valence-corrected chi connectivity index (χ2v) is 9.49. The lowest BCUT2D eigenvalue weighted by Gasteiger charge is -2.12. The maximum Gasteiger partial charge on any atom is 0.124 e. The van der Waals surface area contributed by atoms with Crippen molar-refractivity contribution in [2.24, 2.45) is 23.3 Å². The van der Waals surface area contributed by atoms with E-state index in [0.717, 1.165) is 39.7 Å². The number of hydrogen-bond acceptors (Lipinski definition) is 4. The first-order valence-corrected chi connectivity index (χ1v) is 11.6. The largest absolute Gasteiger partial charge is 0.347 e. The van der Waals surface area contributed by atoms with Gasteiger partial charge in [-0.05, 0) is 35.4 Å². The Morgan fingerprint density at radius 1 is 0.667 bits per heavy atom. The number of nitrogens with one attached hydrogen (secondary N) is 2. The Balaban J connectivity index is 1.54. The molecular formula is C27H34N6. The molecule has 0 saturated heterocycles. The summed E-state index contributed by atoms with van der Waals surface area (Å²) in [5.74, 6) is 2.31. The van der Waals surface area contributed by atoms with Crippen LogP contribution in [0.4, 0.5) is 0 Å². The van der Waals surface area contributed by atoms with Crippen LogP contribution in [0.5, 0.6) is 0 Å². The number of benzene rings is 2. The molecule has 0 aliphatic heterocycles. The topological polar surface area (TPSA) is 109 Å². The molecule has 6 nitrogen and oxygen atoms in total. The zero-order valence-corrected chi connectivity index (χ0v) is 20.1. The summed E-state index contributed by atoms with van der Waals surface area (Å²) in [6, 6.07) is 14.8. The molecular weight excluding hydrogens is 408 g/mol. The van der Waals surface area contributed by atoms with Crippen LogP contribution < -0.4 is 11.5 Å². The lowest BCUT2D eigenvalue weighted by Crippen LogP contribution is -2.18. The Morgan fingerprint density at radius 2 is 1.15 bits per heavy atom. The van der Waals surface area contributed by atoms with Crippen molar-refractivity contribution in [2.75, 3.05) is 0 Å². The lowest BCUT2D eigenvalue weighted by atomic mass is 9.97. The van der Waals surface area contributed by atoms with Crippen LogP contribution in [-0.4, -0.2) is 19.9 Å². The molecule has 0 aliphatic rings. The first-order chi connectivity index (χ1) is 15.7. The number of aromatic amines is 2. The van der Waals surface area contributed by atoms with Crippen LogP contribution in [-0.2, 0) is 0 Å². The van der Waals surface area contributed by atoms with Gasteiger partial charge in [0.05, 0.1) is 23.5 Å². The Hall–Kier alpha value is -3.22. The minimum atomic E-state index is -0.0939. The number of nitrogens with zero attached hydrogens (tertiary/aromatic N) is 2. The minimum absolute atomic E-state index is 0.0915. The number of nitrogens with two attached hydrogens (primary N) is 2. The average molecular weight is 443 g/mol. The second-order valence-electron chi connectivity index (χ2n) is 9.49. The van der Waals surface area contributed by atoms with E-state index in [0.29, 0.717) is 11.8 Å². The zero-order valence-electron chi connectivity index (χ0n) is 20.1. The molecule has 0 spiro atoms. The van der Waals surface area contributed by atoms with Gasteiger partial charge in [-0.15, -0.1) is 0 Å². The third-order valence-electron chi connectivity index (χ3n) is 6.28. The van der Waals surface area contributed by atoms with Gasteiger partial charge in [-0.3, -0.25) is 0 Å². The standard InChI is InChI=1S/C27H34N6/c1-15(2)24(28)26-30-13-22(32-26)19-8-6-18(7-9-19)20-10-11-21(17(5)12-20)23-14-31-27(33-23)25(29)16(3)4/h6-16,24-25H,28-29H2,1-5H3,(H,30,32)(H,31,33)/t24-,25-/m0/s1. The van der Waals surface area contributed by atoms with Crippen LogP contribution in [0.1, 0.15) is 57.0 Å². The SMILES string of the molecule is Cc1cc(-c2ccc(-c3c[nH]c([C@@H](N)C(C)C)n3)cc2)ccc1-c1c[nH]c([C@@H](N)C(C)C)n1. The first-order valence-electron chi connectivity index (χ1n) is 11.6. The fraction of sp³-hybridized carbons (Fsp3) is 0.333. The fourth-order valence-electron chi connectivity index (χ4n) is 3.90. The summed E-state index contributed by atoms with van der Waals surface area (Å²) >= 11 is 0. The first kappa shape index (κ1) is 23.0. The van der Waals surface area contributed by atoms with Crippen molar-refractivity contribution >= 4 is 0 Å². The van der Waals surface area contributed by atoms with Gasteiger partial charge in [0.1, 0.15) is 11.6 Å². The molecule has 6 heteroatoms. The molecule has 2 atom stereocenters. The van der Waals surface area contributed by atoms with Crippen LogP contribution in [0.15, 0.2) is 54.9 Å². The quantitative estimate of drug-likeness (QED) is 0.292. The van der Waals surface area contributed by atoms with Crippen LogP contribution in [0.25, 0.3) is 33.6 Å². The highest BCUT2D eigenvalue weighted by Crippen LogP contribution is 2.30. The van der Waals surface area contributed by atoms with Crippen LogP contribution >= 0.6 is 0 Å². The average Bonchev–Trinajstić information content (AvgIpc) is 3.48. The number of aryl methyl sites for hydroxylation is 1. The van der Waals surface area contributed by atoms with Gasteiger partial charge >= 0.3 is 0 Å². The Morgan fingerprint density at radius 3 is 1.70 bits per heavy atom. The van der Waals surface area contributed by atoms with Gasteiger partial charge in [-0.25, -0.2) is 9.97 Å². The maximum absolute atomic E-state index is 6.24. The molecule has 4 rings (SSSR count). The van der Waals surface area contributed by atoms with Gasteiger partial charge in [0.2, 0.25) is 0 Å². The molecule has 6 N–H and O–H groups in total. The molecule has 0 bridgehead atoms. The maximum atomic E-state index is 6.24. The Bertz CT molecular complexity index is 1220. The van der Waals surface area contributed by atoms with Gasteiger partial charge in [-0.2, -0.15) is 0 Å². The van der Waals surface area contributed by atoms with Gasteiger partial charge in [-0.1, -0.05) is 70.2 Å². The molecule has 0 saturated carbocycles. The third-order valence-corrected chi connectivity index (χ3v) is 6.28. The van der Waals surface area contributed by atoms with Crippen LogP contribution in [0.2, 0.25) is 0 Å². The highest BCUT2D eigenvalue weighted by Gasteiger charge is 2.16. The van der Waals surface area contributed by atoms with Gasteiger partial charge in [0, 0.05) is 23.5 Å². The summed E-state index contributed by atoms with van der Waals surface area (Å²) in [5, 5.41) is 0. The van der Waals surface area contributed by atoms with Crippen molar-refractivity contribution in [3.63, 3.8) is 0 Å². The van der Waals surface area contributed by atoms with E-state index in [1.54, 1.807) is 0 Å². The third kappa shape index (κ3) is 4.77. The molecule has 0 radical (unpaired) electrons. The monoisotopic (exact) mass is 442 g/mol. The normalized spacial score (nSPS) is 13.6. The Labute approximate surface area is 195 Å². The van der Waals surface area contributed by atoms with Crippen molar-refractivity contribution in [3.05, 3.63) is 72.1 Å². The number of hydrogen-bond donors (Lipinski definition) is 4. The van der Waals surface area contributed by atoms with E-state index < -0.39 is 0 Å². The van der Waals surface area contributed by atoms with Crippen LogP contribution in [0, 0.1) is 18.8 Å². The summed E-state index contributed by atoms with van der Waals surface area (Å²) < 4.78 is 0. The predicted octanol–water partition coefficient (Wildman–Crippen LogP) is 5.75. The molecule has 172 valence electrons. The number of H-pyrrole nitrogens is 2. The molecule has 0 unspecified atom stereocenters. The van der Waals surface area contributed by atoms with E-state index in [9.17, 15) is 0 Å². The highest BCUT2D eigenvalue weighted by atomic mass is 15.0. The summed E-state index contributed by atoms with van der Waals surface area (Å²) in [7, 11) is 0. The van der Waals surface area contributed by atoms with Crippen LogP contribution in [0.3, 0.4) is 0 Å². The van der Waals surface area contributed by atoms with Crippen molar-refractivity contribution < 1.29 is 0 Å². The molecule has 0 aliphatic carbocycles. The summed E-state index contributed by atoms with van der Waals surface area (Å²) in [4.78, 5) is 15.9. The smallest absolute Gasteiger partial charge is 0.124 e. The van der Waals surface area contributed by atoms with Gasteiger partial charge in [0.15, 0.2) is 0 Å². The predicted molar refractivity (Wildman–Crippen MR) is 135 cm³/mol. The van der Waals surface area contributed by atoms with E-state index in [-0.39, 0.29) is 12.1 Å². The molecule has 2 aromatic heterocycles. The highest BCUT2D eigenvalue weighted by molar-refractivity contribution is 5.73.